The minimum absolute atomic E-state index is 0. The van der Waals surface area contributed by atoms with Gasteiger partial charge in [-0.2, -0.15) is 0 Å². The summed E-state index contributed by atoms with van der Waals surface area (Å²) >= 11 is 0. The molecule has 158 valence electrons. The minimum atomic E-state index is 0. The van der Waals surface area contributed by atoms with E-state index >= 15 is 0 Å². The number of nitrogens with one attached hydrogen (secondary N) is 2. The Kier molecular flexibility index (Phi) is 9.30. The van der Waals surface area contributed by atoms with Crippen molar-refractivity contribution in [3.63, 3.8) is 0 Å². The first-order valence-corrected chi connectivity index (χ1v) is 10.3. The number of rotatable bonds is 5. The van der Waals surface area contributed by atoms with Crippen LogP contribution in [0.3, 0.4) is 0 Å². The van der Waals surface area contributed by atoms with Crippen molar-refractivity contribution in [3.05, 3.63) is 29.8 Å². The topological polar surface area (TPSA) is 46.1 Å². The Bertz CT molecular complexity index is 620. The van der Waals surface area contributed by atoms with Crippen LogP contribution >= 0.6 is 24.0 Å². The predicted molar refractivity (Wildman–Crippen MR) is 130 cm³/mol. The number of benzene rings is 1. The van der Waals surface area contributed by atoms with Crippen molar-refractivity contribution in [2.75, 3.05) is 64.8 Å². The van der Waals surface area contributed by atoms with E-state index in [0.29, 0.717) is 12.1 Å². The molecule has 3 rings (SSSR count). The highest BCUT2D eigenvalue weighted by atomic mass is 127. The van der Waals surface area contributed by atoms with Gasteiger partial charge in [0.1, 0.15) is 0 Å². The number of anilines is 1. The number of likely N-dealkylation sites (N-methyl/N-ethyl adjacent to an activating group) is 2. The Labute approximate surface area is 187 Å². The van der Waals surface area contributed by atoms with Crippen LogP contribution in [0.5, 0.6) is 0 Å². The fourth-order valence-electron chi connectivity index (χ4n) is 3.88. The highest BCUT2D eigenvalue weighted by Gasteiger charge is 2.24. The predicted octanol–water partition coefficient (Wildman–Crippen LogP) is 1.99. The van der Waals surface area contributed by atoms with Gasteiger partial charge >= 0.3 is 0 Å². The summed E-state index contributed by atoms with van der Waals surface area (Å²) in [6, 6.07) is 9.78. The average molecular weight is 500 g/mol. The van der Waals surface area contributed by atoms with Crippen LogP contribution in [0.25, 0.3) is 0 Å². The third-order valence-electron chi connectivity index (χ3n) is 5.71. The number of aliphatic imine (C=N–C) groups is 1. The molecule has 0 bridgehead atoms. The van der Waals surface area contributed by atoms with E-state index in [1.165, 1.54) is 11.3 Å². The van der Waals surface area contributed by atoms with Gasteiger partial charge in [-0.15, -0.1) is 24.0 Å². The van der Waals surface area contributed by atoms with Crippen molar-refractivity contribution in [2.24, 2.45) is 4.99 Å². The van der Waals surface area contributed by atoms with Crippen molar-refractivity contribution < 1.29 is 0 Å². The van der Waals surface area contributed by atoms with Gasteiger partial charge in [-0.3, -0.25) is 9.89 Å². The van der Waals surface area contributed by atoms with Crippen LogP contribution in [-0.4, -0.2) is 87.8 Å². The van der Waals surface area contributed by atoms with Crippen LogP contribution in [0.15, 0.2) is 29.3 Å². The lowest BCUT2D eigenvalue weighted by Crippen LogP contribution is -2.52. The lowest BCUT2D eigenvalue weighted by atomic mass is 10.2. The zero-order valence-corrected chi connectivity index (χ0v) is 20.1. The zero-order chi connectivity index (χ0) is 19.2. The molecule has 2 saturated heterocycles. The maximum atomic E-state index is 4.90. The van der Waals surface area contributed by atoms with Crippen molar-refractivity contribution in [1.82, 2.24) is 20.4 Å². The number of guanidine groups is 1. The van der Waals surface area contributed by atoms with Crippen LogP contribution in [0.4, 0.5) is 5.69 Å². The van der Waals surface area contributed by atoms with Gasteiger partial charge in [-0.05, 0) is 46.5 Å². The Hall–Kier alpha value is -1.06. The Morgan fingerprint density at radius 3 is 2.57 bits per heavy atom. The molecule has 0 radical (unpaired) electrons. The normalized spacial score (nSPS) is 24.1. The van der Waals surface area contributed by atoms with Crippen LogP contribution in [-0.2, 0) is 0 Å². The Morgan fingerprint density at radius 1 is 1.11 bits per heavy atom. The molecular formula is C21H37IN6. The molecule has 1 aromatic rings. The first-order chi connectivity index (χ1) is 13.0. The van der Waals surface area contributed by atoms with Crippen LogP contribution in [0.2, 0.25) is 0 Å². The molecule has 2 fully saturated rings. The Balaban J connectivity index is 0.00000280. The SMILES string of the molecule is CCNC(=NCC1CN(C)CCN1C)NC1CCN(c2ccc(C)cc2)C1.I. The fourth-order valence-corrected chi connectivity index (χ4v) is 3.88. The quantitative estimate of drug-likeness (QED) is 0.368. The molecular weight excluding hydrogens is 463 g/mol. The summed E-state index contributed by atoms with van der Waals surface area (Å²) in [5, 5.41) is 7.08. The zero-order valence-electron chi connectivity index (χ0n) is 17.8. The summed E-state index contributed by atoms with van der Waals surface area (Å²) < 4.78 is 0. The molecule has 2 heterocycles. The molecule has 7 heteroatoms. The molecule has 2 aliphatic heterocycles. The largest absolute Gasteiger partial charge is 0.369 e. The number of hydrogen-bond donors (Lipinski definition) is 2. The Morgan fingerprint density at radius 2 is 1.86 bits per heavy atom. The summed E-state index contributed by atoms with van der Waals surface area (Å²) in [5.74, 6) is 0.954. The lowest BCUT2D eigenvalue weighted by Gasteiger charge is -2.37. The molecule has 0 aliphatic carbocycles. The number of nitrogens with zero attached hydrogens (tertiary/aromatic N) is 4. The molecule has 1 aromatic carbocycles. The molecule has 2 aliphatic rings. The number of aryl methyl sites for hydroxylation is 1. The maximum Gasteiger partial charge on any atom is 0.191 e. The van der Waals surface area contributed by atoms with E-state index in [4.69, 9.17) is 4.99 Å². The molecule has 0 spiro atoms. The average Bonchev–Trinajstić information content (AvgIpc) is 3.11. The molecule has 0 amide bonds. The van der Waals surface area contributed by atoms with E-state index in [-0.39, 0.29) is 24.0 Å². The summed E-state index contributed by atoms with van der Waals surface area (Å²) in [4.78, 5) is 12.2. The van der Waals surface area contributed by atoms with Crippen molar-refractivity contribution >= 4 is 35.6 Å². The number of hydrogen-bond acceptors (Lipinski definition) is 4. The van der Waals surface area contributed by atoms with Gasteiger partial charge in [0, 0.05) is 57.0 Å². The molecule has 0 aromatic heterocycles. The summed E-state index contributed by atoms with van der Waals surface area (Å²) in [5.41, 5.74) is 2.63. The monoisotopic (exact) mass is 500 g/mol. The smallest absolute Gasteiger partial charge is 0.191 e. The van der Waals surface area contributed by atoms with Crippen molar-refractivity contribution in [1.29, 1.82) is 0 Å². The first-order valence-electron chi connectivity index (χ1n) is 10.3. The summed E-state index contributed by atoms with van der Waals surface area (Å²) in [6.07, 6.45) is 1.14. The number of piperazine rings is 1. The summed E-state index contributed by atoms with van der Waals surface area (Å²) in [6.45, 7) is 11.5. The van der Waals surface area contributed by atoms with Crippen LogP contribution in [0.1, 0.15) is 18.9 Å². The summed E-state index contributed by atoms with van der Waals surface area (Å²) in [7, 11) is 4.41. The molecule has 0 saturated carbocycles. The minimum Gasteiger partial charge on any atom is -0.369 e. The van der Waals surface area contributed by atoms with Gasteiger partial charge in [-0.1, -0.05) is 17.7 Å². The second-order valence-corrected chi connectivity index (χ2v) is 8.03. The van der Waals surface area contributed by atoms with Crippen LogP contribution in [0, 0.1) is 6.92 Å². The molecule has 2 N–H and O–H groups in total. The highest BCUT2D eigenvalue weighted by Crippen LogP contribution is 2.20. The van der Waals surface area contributed by atoms with E-state index in [2.05, 4.69) is 77.5 Å². The van der Waals surface area contributed by atoms with Crippen molar-refractivity contribution in [3.8, 4) is 0 Å². The fraction of sp³-hybridized carbons (Fsp3) is 0.667. The van der Waals surface area contributed by atoms with Gasteiger partial charge in [0.15, 0.2) is 5.96 Å². The second-order valence-electron chi connectivity index (χ2n) is 8.03. The molecule has 28 heavy (non-hydrogen) atoms. The third-order valence-corrected chi connectivity index (χ3v) is 5.71. The van der Waals surface area contributed by atoms with E-state index in [1.54, 1.807) is 0 Å². The van der Waals surface area contributed by atoms with Crippen LogP contribution < -0.4 is 15.5 Å². The first kappa shape index (κ1) is 23.2. The molecule has 6 nitrogen and oxygen atoms in total. The lowest BCUT2D eigenvalue weighted by molar-refractivity contribution is 0.119. The van der Waals surface area contributed by atoms with Gasteiger partial charge in [0.25, 0.3) is 0 Å². The van der Waals surface area contributed by atoms with Gasteiger partial charge in [0.05, 0.1) is 6.54 Å². The van der Waals surface area contributed by atoms with E-state index in [1.807, 2.05) is 0 Å². The van der Waals surface area contributed by atoms with Gasteiger partial charge in [0.2, 0.25) is 0 Å². The van der Waals surface area contributed by atoms with E-state index in [0.717, 1.165) is 58.2 Å². The van der Waals surface area contributed by atoms with E-state index < -0.39 is 0 Å². The standard InChI is InChI=1S/C21H36N6.HI/c1-5-22-21(23-14-20-16-25(3)12-13-26(20)4)24-18-10-11-27(15-18)19-8-6-17(2)7-9-19;/h6-9,18,20H,5,10-16H2,1-4H3,(H2,22,23,24);1H. The second kappa shape index (κ2) is 11.2. The van der Waals surface area contributed by atoms with Gasteiger partial charge < -0.3 is 20.4 Å². The van der Waals surface area contributed by atoms with Gasteiger partial charge in [-0.25, -0.2) is 0 Å². The highest BCUT2D eigenvalue weighted by molar-refractivity contribution is 14.0. The molecule has 2 atom stereocenters. The van der Waals surface area contributed by atoms with E-state index in [9.17, 15) is 0 Å². The third kappa shape index (κ3) is 6.49. The molecule has 2 unspecified atom stereocenters. The number of halogens is 1. The van der Waals surface area contributed by atoms with Crippen molar-refractivity contribution in [2.45, 2.75) is 32.4 Å². The maximum absolute atomic E-state index is 4.90.